The second kappa shape index (κ2) is 9.84. The maximum absolute atomic E-state index is 4.31. The molecule has 4 nitrogen and oxygen atoms in total. The first-order valence-electron chi connectivity index (χ1n) is 9.28. The van der Waals surface area contributed by atoms with E-state index in [2.05, 4.69) is 61.9 Å². The zero-order chi connectivity index (χ0) is 20.3. The minimum absolute atomic E-state index is 0. The number of nitrogens with zero attached hydrogens (tertiary/aromatic N) is 4. The van der Waals surface area contributed by atoms with Crippen molar-refractivity contribution in [3.63, 3.8) is 0 Å². The van der Waals surface area contributed by atoms with E-state index in [1.807, 2.05) is 60.4 Å². The summed E-state index contributed by atoms with van der Waals surface area (Å²) in [6.45, 7) is 8.33. The van der Waals surface area contributed by atoms with Crippen LogP contribution >= 0.6 is 0 Å². The quantitative estimate of drug-likeness (QED) is 0.321. The van der Waals surface area contributed by atoms with Crippen LogP contribution in [0, 0.1) is 39.8 Å². The Labute approximate surface area is 187 Å². The van der Waals surface area contributed by atoms with E-state index in [1.54, 1.807) is 0 Å². The molecule has 0 aliphatic carbocycles. The second-order valence-electron chi connectivity index (χ2n) is 7.32. The van der Waals surface area contributed by atoms with Crippen molar-refractivity contribution in [2.45, 2.75) is 27.7 Å². The van der Waals surface area contributed by atoms with Crippen LogP contribution in [0.25, 0.3) is 22.5 Å². The van der Waals surface area contributed by atoms with E-state index in [-0.39, 0.29) is 21.1 Å². The van der Waals surface area contributed by atoms with Gasteiger partial charge in [-0.15, -0.1) is 69.8 Å². The summed E-state index contributed by atoms with van der Waals surface area (Å²) < 4.78 is 3.89. The first-order chi connectivity index (χ1) is 13.3. The third kappa shape index (κ3) is 5.77. The van der Waals surface area contributed by atoms with E-state index in [4.69, 9.17) is 0 Å². The van der Waals surface area contributed by atoms with Gasteiger partial charge in [0.1, 0.15) is 0 Å². The van der Waals surface area contributed by atoms with Gasteiger partial charge in [0.25, 0.3) is 0 Å². The average Bonchev–Trinajstić information content (AvgIpc) is 3.24. The molecule has 0 saturated heterocycles. The number of rotatable bonds is 2. The van der Waals surface area contributed by atoms with Crippen molar-refractivity contribution in [1.82, 2.24) is 19.1 Å². The summed E-state index contributed by atoms with van der Waals surface area (Å²) in [4.78, 5) is 8.62. The van der Waals surface area contributed by atoms with Crippen LogP contribution in [0.1, 0.15) is 22.3 Å². The minimum Gasteiger partial charge on any atom is -0.350 e. The van der Waals surface area contributed by atoms with Crippen LogP contribution in [-0.4, -0.2) is 19.1 Å². The van der Waals surface area contributed by atoms with Gasteiger partial charge in [-0.2, -0.15) is 0 Å². The minimum atomic E-state index is 0. The number of aryl methyl sites for hydroxylation is 6. The van der Waals surface area contributed by atoms with E-state index in [9.17, 15) is 0 Å². The van der Waals surface area contributed by atoms with Crippen LogP contribution < -0.4 is 0 Å². The van der Waals surface area contributed by atoms with E-state index in [0.29, 0.717) is 0 Å². The molecule has 0 saturated carbocycles. The molecular formula is C24H26N4Pt. The van der Waals surface area contributed by atoms with Crippen LogP contribution in [0.5, 0.6) is 0 Å². The van der Waals surface area contributed by atoms with Gasteiger partial charge in [-0.25, -0.2) is 0 Å². The molecule has 0 bridgehead atoms. The maximum atomic E-state index is 4.31. The molecule has 29 heavy (non-hydrogen) atoms. The van der Waals surface area contributed by atoms with Crippen molar-refractivity contribution in [3.05, 3.63) is 83.7 Å². The maximum Gasteiger partial charge on any atom is 2.00 e. The summed E-state index contributed by atoms with van der Waals surface area (Å²) in [5.74, 6) is 0. The topological polar surface area (TPSA) is 35.6 Å². The molecule has 0 amide bonds. The van der Waals surface area contributed by atoms with E-state index in [0.717, 1.165) is 22.5 Å². The van der Waals surface area contributed by atoms with Crippen molar-refractivity contribution in [2.24, 2.45) is 14.1 Å². The van der Waals surface area contributed by atoms with Gasteiger partial charge in [0.2, 0.25) is 0 Å². The van der Waals surface area contributed by atoms with Crippen LogP contribution in [-0.2, 0) is 35.2 Å². The summed E-state index contributed by atoms with van der Waals surface area (Å²) in [6.07, 6.45) is 7.63. The van der Waals surface area contributed by atoms with Crippen molar-refractivity contribution in [1.29, 1.82) is 0 Å². The van der Waals surface area contributed by atoms with Gasteiger partial charge in [-0.1, -0.05) is 27.7 Å². The molecular weight excluding hydrogens is 539 g/mol. The molecule has 4 aromatic rings. The predicted octanol–water partition coefficient (Wildman–Crippen LogP) is 5.01. The third-order valence-electron chi connectivity index (χ3n) is 4.49. The predicted molar refractivity (Wildman–Crippen MR) is 114 cm³/mol. The van der Waals surface area contributed by atoms with Crippen LogP contribution in [0.4, 0.5) is 0 Å². The van der Waals surface area contributed by atoms with Crippen molar-refractivity contribution in [3.8, 4) is 22.5 Å². The van der Waals surface area contributed by atoms with Gasteiger partial charge in [0, 0.05) is 25.5 Å². The monoisotopic (exact) mass is 565 g/mol. The van der Waals surface area contributed by atoms with Crippen LogP contribution in [0.2, 0.25) is 0 Å². The van der Waals surface area contributed by atoms with E-state index < -0.39 is 0 Å². The zero-order valence-corrected chi connectivity index (χ0v) is 20.0. The number of benzene rings is 2. The van der Waals surface area contributed by atoms with Gasteiger partial charge in [-0.3, -0.25) is 9.97 Å². The number of aromatic nitrogens is 4. The third-order valence-corrected chi connectivity index (χ3v) is 4.49. The van der Waals surface area contributed by atoms with Crippen LogP contribution in [0.15, 0.2) is 49.3 Å². The summed E-state index contributed by atoms with van der Waals surface area (Å²) in [5, 5.41) is 0. The number of hydrogen-bond acceptors (Lipinski definition) is 2. The zero-order valence-electron chi connectivity index (χ0n) is 17.7. The molecule has 2 aromatic carbocycles. The standard InChI is InChI=1S/2C12H13N2.Pt/c2*1-9-4-5-11(10(2)6-9)12-7-14(3)8-13-12;/h2*4,6-8H,1-3H3;/q2*-1;+2. The van der Waals surface area contributed by atoms with E-state index >= 15 is 0 Å². The molecule has 4 rings (SSSR count). The number of imidazole rings is 2. The van der Waals surface area contributed by atoms with Gasteiger partial charge < -0.3 is 9.13 Å². The Morgan fingerprint density at radius 3 is 1.34 bits per heavy atom. The molecule has 152 valence electrons. The van der Waals surface area contributed by atoms with Gasteiger partial charge in [0.15, 0.2) is 0 Å². The fourth-order valence-electron chi connectivity index (χ4n) is 3.15. The first-order valence-corrected chi connectivity index (χ1v) is 9.28. The van der Waals surface area contributed by atoms with Crippen LogP contribution in [0.3, 0.4) is 0 Å². The Balaban J connectivity index is 0.000000200. The Morgan fingerprint density at radius 1 is 0.690 bits per heavy atom. The largest absolute Gasteiger partial charge is 2.00 e. The Morgan fingerprint density at radius 2 is 1.07 bits per heavy atom. The SMILES string of the molecule is Cc1c[c-]c(-c2cn(C)cn2)c(C)c1.Cc1c[c-]c(-c2cn(C)cn2)c(C)c1.[Pt+2]. The van der Waals surface area contributed by atoms with E-state index in [1.165, 1.54) is 22.3 Å². The van der Waals surface area contributed by atoms with Crippen molar-refractivity contribution >= 4 is 0 Å². The molecule has 2 heterocycles. The second-order valence-corrected chi connectivity index (χ2v) is 7.32. The van der Waals surface area contributed by atoms with Crippen molar-refractivity contribution < 1.29 is 21.1 Å². The molecule has 0 atom stereocenters. The van der Waals surface area contributed by atoms with Gasteiger partial charge >= 0.3 is 21.1 Å². The molecule has 2 aromatic heterocycles. The molecule has 0 radical (unpaired) electrons. The van der Waals surface area contributed by atoms with Gasteiger partial charge in [0.05, 0.1) is 12.7 Å². The normalized spacial score (nSPS) is 10.1. The summed E-state index contributed by atoms with van der Waals surface area (Å²) in [6, 6.07) is 14.8. The molecule has 0 aliphatic rings. The fraction of sp³-hybridized carbons (Fsp3) is 0.250. The fourth-order valence-corrected chi connectivity index (χ4v) is 3.15. The molecule has 0 aliphatic heterocycles. The molecule has 5 heteroatoms. The summed E-state index contributed by atoms with van der Waals surface area (Å²) >= 11 is 0. The van der Waals surface area contributed by atoms with Crippen molar-refractivity contribution in [2.75, 3.05) is 0 Å². The molecule has 0 spiro atoms. The Bertz CT molecular complexity index is 1000. The number of hydrogen-bond donors (Lipinski definition) is 0. The smallest absolute Gasteiger partial charge is 0.350 e. The summed E-state index contributed by atoms with van der Waals surface area (Å²) in [7, 11) is 3.94. The molecule has 0 fully saturated rings. The molecule has 0 unspecified atom stereocenters. The molecule has 0 N–H and O–H groups in total. The first kappa shape index (κ1) is 22.8. The Kier molecular flexibility index (Phi) is 7.75. The van der Waals surface area contributed by atoms with Gasteiger partial charge in [-0.05, 0) is 12.4 Å². The average molecular weight is 566 g/mol. The Hall–Kier alpha value is -2.45. The summed E-state index contributed by atoms with van der Waals surface area (Å²) in [5.41, 5.74) is 9.10.